The van der Waals surface area contributed by atoms with E-state index < -0.39 is 0 Å². The fourth-order valence-electron chi connectivity index (χ4n) is 9.71. The lowest BCUT2D eigenvalue weighted by molar-refractivity contribution is 0.0987. The molecule has 0 fully saturated rings. The van der Waals surface area contributed by atoms with Crippen molar-refractivity contribution in [2.45, 2.75) is 262 Å². The molecule has 4 aliphatic rings. The van der Waals surface area contributed by atoms with Crippen LogP contribution in [0.1, 0.15) is 223 Å². The molecule has 0 saturated carbocycles. The van der Waals surface area contributed by atoms with Crippen LogP contribution in [0.5, 0.6) is 0 Å². The third-order valence-electron chi connectivity index (χ3n) is 14.1. The molecular formula is C56H98N14. The van der Waals surface area contributed by atoms with Crippen molar-refractivity contribution in [1.29, 1.82) is 0 Å². The van der Waals surface area contributed by atoms with E-state index in [-0.39, 0.29) is 43.8 Å². The van der Waals surface area contributed by atoms with E-state index in [0.29, 0.717) is 0 Å². The SMILES string of the molecule is CC(C)(C)c1ncnc2c1CCN(C(C)(C)C)C2.CC(C)(C)c1ncnc2c1CN(C(C)(C)C)C2.CC(C)(C)c1nnc2n1CCN(C(C)(C)C)C2.CC(C)(C)c1nnc2n1CCN(C(C)(C)C)CC2. The number of rotatable bonds is 0. The summed E-state index contributed by atoms with van der Waals surface area (Å²) in [5.74, 6) is 4.48. The molecule has 4 aliphatic heterocycles. The number of nitrogens with zero attached hydrogens (tertiary/aromatic N) is 14. The fraction of sp³-hybridized carbons (Fsp3) is 0.786. The van der Waals surface area contributed by atoms with Crippen molar-refractivity contribution in [1.82, 2.24) is 69.1 Å². The predicted octanol–water partition coefficient (Wildman–Crippen LogP) is 10.2. The van der Waals surface area contributed by atoms with E-state index in [1.54, 1.807) is 12.7 Å². The van der Waals surface area contributed by atoms with E-state index in [9.17, 15) is 0 Å². The highest BCUT2D eigenvalue weighted by Crippen LogP contribution is 2.35. The van der Waals surface area contributed by atoms with E-state index in [0.717, 1.165) is 102 Å². The minimum absolute atomic E-state index is 0.0716. The molecule has 14 nitrogen and oxygen atoms in total. The highest BCUT2D eigenvalue weighted by atomic mass is 15.4. The molecule has 8 heterocycles. The molecule has 14 heteroatoms. The topological polar surface area (TPSA) is 126 Å². The Bertz CT molecular complexity index is 2350. The summed E-state index contributed by atoms with van der Waals surface area (Å²) in [7, 11) is 0. The molecule has 4 aromatic rings. The van der Waals surface area contributed by atoms with Gasteiger partial charge in [0.25, 0.3) is 0 Å². The maximum atomic E-state index is 4.52. The first kappa shape index (κ1) is 57.2. The highest BCUT2D eigenvalue weighted by molar-refractivity contribution is 5.33. The van der Waals surface area contributed by atoms with Gasteiger partial charge in [-0.3, -0.25) is 19.6 Å². The summed E-state index contributed by atoms with van der Waals surface area (Å²) in [6.07, 6.45) is 5.51. The molecule has 0 bridgehead atoms. The van der Waals surface area contributed by atoms with Crippen molar-refractivity contribution in [3.63, 3.8) is 0 Å². The molecule has 0 N–H and O–H groups in total. The van der Waals surface area contributed by atoms with E-state index in [2.05, 4.69) is 235 Å². The summed E-state index contributed by atoms with van der Waals surface area (Å²) in [6, 6.07) is 0. The van der Waals surface area contributed by atoms with Crippen molar-refractivity contribution in [3.8, 4) is 0 Å². The van der Waals surface area contributed by atoms with Crippen LogP contribution in [-0.4, -0.2) is 117 Å². The van der Waals surface area contributed by atoms with Gasteiger partial charge in [-0.2, -0.15) is 0 Å². The van der Waals surface area contributed by atoms with Crippen molar-refractivity contribution in [2.75, 3.05) is 26.2 Å². The van der Waals surface area contributed by atoms with Crippen molar-refractivity contribution in [2.24, 2.45) is 0 Å². The van der Waals surface area contributed by atoms with Crippen LogP contribution >= 0.6 is 0 Å². The largest absolute Gasteiger partial charge is 0.313 e. The van der Waals surface area contributed by atoms with Crippen LogP contribution in [0, 0.1) is 0 Å². The van der Waals surface area contributed by atoms with E-state index in [4.69, 9.17) is 0 Å². The Hall–Kier alpha value is -3.72. The van der Waals surface area contributed by atoms with Crippen LogP contribution < -0.4 is 0 Å². The van der Waals surface area contributed by atoms with E-state index >= 15 is 0 Å². The van der Waals surface area contributed by atoms with Crippen LogP contribution in [0.2, 0.25) is 0 Å². The molecule has 8 rings (SSSR count). The number of aromatic nitrogens is 10. The maximum Gasteiger partial charge on any atom is 0.147 e. The monoisotopic (exact) mass is 967 g/mol. The minimum atomic E-state index is 0.0716. The smallest absolute Gasteiger partial charge is 0.147 e. The van der Waals surface area contributed by atoms with Gasteiger partial charge >= 0.3 is 0 Å². The van der Waals surface area contributed by atoms with Gasteiger partial charge in [0.2, 0.25) is 0 Å². The molecule has 0 aliphatic carbocycles. The molecule has 0 aromatic carbocycles. The molecular weight excluding hydrogens is 869 g/mol. The second-order valence-corrected chi connectivity index (χ2v) is 28.3. The Balaban J connectivity index is 0.000000174. The van der Waals surface area contributed by atoms with Gasteiger partial charge in [0.05, 0.1) is 29.3 Å². The summed E-state index contributed by atoms with van der Waals surface area (Å²) in [4.78, 5) is 27.9. The Morgan fingerprint density at radius 1 is 0.329 bits per heavy atom. The van der Waals surface area contributed by atoms with Gasteiger partial charge in [-0.25, -0.2) is 19.9 Å². The average Bonchev–Trinajstić information content (AvgIpc) is 3.93. The summed E-state index contributed by atoms with van der Waals surface area (Å²) in [5, 5.41) is 17.5. The van der Waals surface area contributed by atoms with Crippen molar-refractivity contribution in [3.05, 3.63) is 69.9 Å². The van der Waals surface area contributed by atoms with E-state index in [1.807, 2.05) is 0 Å². The fourth-order valence-corrected chi connectivity index (χ4v) is 9.71. The standard InChI is InChI=1S/C15H25N3.C14H26N4.C14H23N3.C13H24N4/c1-14(2,3)13-11-7-8-18(15(4,5)6)9-12(11)16-10-17-13;1-13(2,3)12-16-15-11-7-8-17(14(4,5)6)9-10-18(11)12;1-13(2,3)12-10-7-17(14(4,5)6)8-11(10)15-9-16-12;1-12(2,3)11-15-14-10-9-16(13(4,5)6)7-8-17(10)11/h10H,7-9H2,1-6H3;7-10H2,1-6H3;9H,7-8H2,1-6H3;7-9H2,1-6H3. The first-order valence-corrected chi connectivity index (χ1v) is 26.3. The van der Waals surface area contributed by atoms with Crippen LogP contribution in [-0.2, 0) is 73.8 Å². The number of hydrogen-bond acceptors (Lipinski definition) is 12. The third kappa shape index (κ3) is 14.3. The molecule has 392 valence electrons. The molecule has 4 aromatic heterocycles. The highest BCUT2D eigenvalue weighted by Gasteiger charge is 2.35. The summed E-state index contributed by atoms with van der Waals surface area (Å²) in [5.41, 5.74) is 8.78. The molecule has 0 atom stereocenters. The van der Waals surface area contributed by atoms with Crippen molar-refractivity contribution >= 4 is 0 Å². The van der Waals surface area contributed by atoms with Gasteiger partial charge in [-0.1, -0.05) is 83.1 Å². The molecule has 0 saturated heterocycles. The van der Waals surface area contributed by atoms with Gasteiger partial charge in [-0.05, 0) is 95.1 Å². The first-order valence-electron chi connectivity index (χ1n) is 26.3. The Morgan fingerprint density at radius 3 is 1.17 bits per heavy atom. The summed E-state index contributed by atoms with van der Waals surface area (Å²) < 4.78 is 4.62. The zero-order valence-electron chi connectivity index (χ0n) is 48.9. The quantitative estimate of drug-likeness (QED) is 0.167. The number of fused-ring (bicyclic) bond motifs is 4. The molecule has 0 unspecified atom stereocenters. The third-order valence-corrected chi connectivity index (χ3v) is 14.1. The molecule has 0 amide bonds. The van der Waals surface area contributed by atoms with Crippen LogP contribution in [0.25, 0.3) is 0 Å². The zero-order chi connectivity index (χ0) is 52.8. The predicted molar refractivity (Wildman–Crippen MR) is 287 cm³/mol. The lowest BCUT2D eigenvalue weighted by Crippen LogP contribution is -2.46. The van der Waals surface area contributed by atoms with Gasteiger partial charge < -0.3 is 9.13 Å². The van der Waals surface area contributed by atoms with Crippen LogP contribution in [0.15, 0.2) is 12.7 Å². The second-order valence-electron chi connectivity index (χ2n) is 28.3. The first-order chi connectivity index (χ1) is 31.8. The van der Waals surface area contributed by atoms with Crippen LogP contribution in [0.3, 0.4) is 0 Å². The second kappa shape index (κ2) is 20.7. The Morgan fingerprint density at radius 2 is 0.714 bits per heavy atom. The summed E-state index contributed by atoms with van der Waals surface area (Å²) in [6.45, 7) is 63.8. The summed E-state index contributed by atoms with van der Waals surface area (Å²) >= 11 is 0. The maximum absolute atomic E-state index is 4.52. The molecule has 0 spiro atoms. The van der Waals surface area contributed by atoms with Gasteiger partial charge in [0.15, 0.2) is 0 Å². The minimum Gasteiger partial charge on any atom is -0.313 e. The Kier molecular flexibility index (Phi) is 16.9. The number of hydrogen-bond donors (Lipinski definition) is 0. The van der Waals surface area contributed by atoms with Gasteiger partial charge in [0, 0.05) is 115 Å². The Labute approximate surface area is 425 Å². The lowest BCUT2D eigenvalue weighted by atomic mass is 9.85. The van der Waals surface area contributed by atoms with Gasteiger partial charge in [0.1, 0.15) is 36.0 Å². The van der Waals surface area contributed by atoms with Gasteiger partial charge in [-0.15, -0.1) is 20.4 Å². The molecule has 0 radical (unpaired) electrons. The lowest BCUT2D eigenvalue weighted by Gasteiger charge is -2.39. The van der Waals surface area contributed by atoms with Crippen LogP contribution in [0.4, 0.5) is 0 Å². The van der Waals surface area contributed by atoms with E-state index in [1.165, 1.54) is 33.9 Å². The molecule has 70 heavy (non-hydrogen) atoms. The van der Waals surface area contributed by atoms with Crippen molar-refractivity contribution < 1.29 is 0 Å². The normalized spacial score (nSPS) is 17.9. The average molecular weight is 967 g/mol. The zero-order valence-corrected chi connectivity index (χ0v) is 48.9.